The van der Waals surface area contributed by atoms with Crippen molar-refractivity contribution < 1.29 is 17.6 Å². The molecule has 8 heteroatoms. The molecule has 1 aliphatic heterocycles. The van der Waals surface area contributed by atoms with Crippen LogP contribution in [-0.2, 0) is 16.4 Å². The standard InChI is InChI=1S/C15H23N3O4S/c1-23(20,21)18-8-3-7-17(9-10-18)15(19)16-13-4-2-5-14-12(13)6-11-22-14/h6,11,13H,2-5,7-10H2,1H3,(H,16,19). The van der Waals surface area contributed by atoms with Gasteiger partial charge in [0.2, 0.25) is 10.0 Å². The van der Waals surface area contributed by atoms with Crippen LogP contribution in [0.2, 0.25) is 0 Å². The number of nitrogens with one attached hydrogen (secondary N) is 1. The third kappa shape index (κ3) is 3.69. The normalized spacial score (nSPS) is 23.2. The van der Waals surface area contributed by atoms with Crippen LogP contribution in [0.25, 0.3) is 0 Å². The number of sulfonamides is 1. The van der Waals surface area contributed by atoms with Gasteiger partial charge in [-0.25, -0.2) is 17.5 Å². The summed E-state index contributed by atoms with van der Waals surface area (Å²) in [4.78, 5) is 14.2. The second-order valence-corrected chi connectivity index (χ2v) is 8.18. The summed E-state index contributed by atoms with van der Waals surface area (Å²) in [5, 5.41) is 3.07. The third-order valence-electron chi connectivity index (χ3n) is 4.56. The lowest BCUT2D eigenvalue weighted by Gasteiger charge is -2.27. The van der Waals surface area contributed by atoms with E-state index in [1.807, 2.05) is 6.07 Å². The summed E-state index contributed by atoms with van der Waals surface area (Å²) in [6, 6.07) is 1.78. The van der Waals surface area contributed by atoms with Crippen molar-refractivity contribution in [3.05, 3.63) is 23.7 Å². The van der Waals surface area contributed by atoms with Gasteiger partial charge in [-0.2, -0.15) is 0 Å². The minimum Gasteiger partial charge on any atom is -0.469 e. The van der Waals surface area contributed by atoms with E-state index in [9.17, 15) is 13.2 Å². The van der Waals surface area contributed by atoms with Crippen LogP contribution >= 0.6 is 0 Å². The first-order chi connectivity index (χ1) is 10.9. The summed E-state index contributed by atoms with van der Waals surface area (Å²) in [5.41, 5.74) is 1.07. The highest BCUT2D eigenvalue weighted by Crippen LogP contribution is 2.30. The van der Waals surface area contributed by atoms with Crippen molar-refractivity contribution in [2.24, 2.45) is 0 Å². The quantitative estimate of drug-likeness (QED) is 0.880. The van der Waals surface area contributed by atoms with E-state index >= 15 is 0 Å². The molecule has 2 amide bonds. The number of carbonyl (C=O) groups excluding carboxylic acids is 1. The van der Waals surface area contributed by atoms with Crippen molar-refractivity contribution in [1.82, 2.24) is 14.5 Å². The smallest absolute Gasteiger partial charge is 0.317 e. The van der Waals surface area contributed by atoms with Gasteiger partial charge in [0.05, 0.1) is 18.6 Å². The molecule has 2 aliphatic rings. The Morgan fingerprint density at radius 3 is 2.87 bits per heavy atom. The molecule has 23 heavy (non-hydrogen) atoms. The number of nitrogens with zero attached hydrogens (tertiary/aromatic N) is 2. The Morgan fingerprint density at radius 1 is 1.26 bits per heavy atom. The molecule has 0 aromatic carbocycles. The van der Waals surface area contributed by atoms with Gasteiger partial charge in [-0.15, -0.1) is 0 Å². The molecular formula is C15H23N3O4S. The van der Waals surface area contributed by atoms with Crippen molar-refractivity contribution >= 4 is 16.1 Å². The molecule has 0 saturated carbocycles. The van der Waals surface area contributed by atoms with Crippen LogP contribution in [-0.4, -0.2) is 56.1 Å². The van der Waals surface area contributed by atoms with Gasteiger partial charge < -0.3 is 14.6 Å². The zero-order valence-electron chi connectivity index (χ0n) is 13.3. The van der Waals surface area contributed by atoms with Gasteiger partial charge in [0.25, 0.3) is 0 Å². The maximum absolute atomic E-state index is 12.5. The van der Waals surface area contributed by atoms with Gasteiger partial charge in [-0.05, 0) is 25.3 Å². The number of hydrogen-bond donors (Lipinski definition) is 1. The fraction of sp³-hybridized carbons (Fsp3) is 0.667. The topological polar surface area (TPSA) is 82.9 Å². The van der Waals surface area contributed by atoms with E-state index in [2.05, 4.69) is 5.32 Å². The second-order valence-electron chi connectivity index (χ2n) is 6.20. The van der Waals surface area contributed by atoms with E-state index in [4.69, 9.17) is 4.42 Å². The van der Waals surface area contributed by atoms with Crippen molar-refractivity contribution in [2.45, 2.75) is 31.7 Å². The highest BCUT2D eigenvalue weighted by Gasteiger charge is 2.28. The van der Waals surface area contributed by atoms with Crippen LogP contribution in [0.3, 0.4) is 0 Å². The number of carbonyl (C=O) groups is 1. The minimum atomic E-state index is -3.20. The van der Waals surface area contributed by atoms with Crippen molar-refractivity contribution in [2.75, 3.05) is 32.4 Å². The lowest BCUT2D eigenvalue weighted by molar-refractivity contribution is 0.194. The van der Waals surface area contributed by atoms with E-state index in [-0.39, 0.29) is 12.1 Å². The first kappa shape index (κ1) is 16.3. The Morgan fingerprint density at radius 2 is 2.09 bits per heavy atom. The number of aryl methyl sites for hydroxylation is 1. The summed E-state index contributed by atoms with van der Waals surface area (Å²) in [6.45, 7) is 1.82. The molecule has 1 aliphatic carbocycles. The van der Waals surface area contributed by atoms with E-state index in [0.29, 0.717) is 32.6 Å². The van der Waals surface area contributed by atoms with E-state index in [1.165, 1.54) is 10.6 Å². The van der Waals surface area contributed by atoms with Gasteiger partial charge in [0, 0.05) is 38.2 Å². The summed E-state index contributed by atoms with van der Waals surface area (Å²) in [6.07, 6.45) is 6.36. The van der Waals surface area contributed by atoms with Crippen LogP contribution in [0.4, 0.5) is 4.79 Å². The first-order valence-electron chi connectivity index (χ1n) is 8.02. The monoisotopic (exact) mass is 341 g/mol. The Kier molecular flexibility index (Phi) is 4.63. The predicted molar refractivity (Wildman–Crippen MR) is 85.5 cm³/mol. The second kappa shape index (κ2) is 6.52. The average molecular weight is 341 g/mol. The lowest BCUT2D eigenvalue weighted by atomic mass is 9.93. The van der Waals surface area contributed by atoms with Gasteiger partial charge in [-0.3, -0.25) is 0 Å². The fourth-order valence-corrected chi connectivity index (χ4v) is 4.18. The van der Waals surface area contributed by atoms with Crippen LogP contribution in [0.1, 0.15) is 36.6 Å². The zero-order chi connectivity index (χ0) is 16.4. The molecule has 1 fully saturated rings. The average Bonchev–Trinajstić information content (AvgIpc) is 2.82. The molecule has 1 aromatic heterocycles. The Balaban J connectivity index is 1.61. The number of fused-ring (bicyclic) bond motifs is 1. The third-order valence-corrected chi connectivity index (χ3v) is 5.86. The fourth-order valence-electron chi connectivity index (χ4n) is 3.31. The lowest BCUT2D eigenvalue weighted by Crippen LogP contribution is -2.44. The highest BCUT2D eigenvalue weighted by atomic mass is 32.2. The van der Waals surface area contributed by atoms with Crippen molar-refractivity contribution in [1.29, 1.82) is 0 Å². The maximum Gasteiger partial charge on any atom is 0.317 e. The van der Waals surface area contributed by atoms with Crippen LogP contribution < -0.4 is 5.32 Å². The number of urea groups is 1. The molecule has 1 saturated heterocycles. The van der Waals surface area contributed by atoms with Gasteiger partial charge in [-0.1, -0.05) is 0 Å². The Bertz CT molecular complexity index is 670. The van der Waals surface area contributed by atoms with Gasteiger partial charge in [0.1, 0.15) is 5.76 Å². The molecule has 128 valence electrons. The Hall–Kier alpha value is -1.54. The SMILES string of the molecule is CS(=O)(=O)N1CCCN(C(=O)NC2CCCc3occc32)CC1. The largest absolute Gasteiger partial charge is 0.469 e. The molecule has 1 unspecified atom stereocenters. The zero-order valence-corrected chi connectivity index (χ0v) is 14.1. The minimum absolute atomic E-state index is 0.0146. The summed E-state index contributed by atoms with van der Waals surface area (Å²) >= 11 is 0. The van der Waals surface area contributed by atoms with Gasteiger partial charge in [0.15, 0.2) is 0 Å². The van der Waals surface area contributed by atoms with Crippen LogP contribution in [0.15, 0.2) is 16.7 Å². The van der Waals surface area contributed by atoms with E-state index in [1.54, 1.807) is 11.2 Å². The summed E-state index contributed by atoms with van der Waals surface area (Å²) in [7, 11) is -3.20. The number of hydrogen-bond acceptors (Lipinski definition) is 4. The summed E-state index contributed by atoms with van der Waals surface area (Å²) < 4.78 is 30.2. The molecule has 7 nitrogen and oxygen atoms in total. The summed E-state index contributed by atoms with van der Waals surface area (Å²) in [5.74, 6) is 0.959. The molecule has 3 rings (SSSR count). The van der Waals surface area contributed by atoms with Crippen molar-refractivity contribution in [3.63, 3.8) is 0 Å². The Labute approximate surface area is 136 Å². The number of amides is 2. The molecular weight excluding hydrogens is 318 g/mol. The first-order valence-corrected chi connectivity index (χ1v) is 9.87. The number of furan rings is 1. The van der Waals surface area contributed by atoms with E-state index < -0.39 is 10.0 Å². The maximum atomic E-state index is 12.5. The molecule has 1 atom stereocenters. The highest BCUT2D eigenvalue weighted by molar-refractivity contribution is 7.88. The van der Waals surface area contributed by atoms with Crippen LogP contribution in [0, 0.1) is 0 Å². The van der Waals surface area contributed by atoms with Crippen molar-refractivity contribution in [3.8, 4) is 0 Å². The predicted octanol–water partition coefficient (Wildman–Crippen LogP) is 1.33. The molecule has 2 heterocycles. The molecule has 0 bridgehead atoms. The molecule has 1 aromatic rings. The molecule has 0 radical (unpaired) electrons. The van der Waals surface area contributed by atoms with E-state index in [0.717, 1.165) is 30.6 Å². The van der Waals surface area contributed by atoms with Gasteiger partial charge >= 0.3 is 6.03 Å². The molecule has 1 N–H and O–H groups in total. The number of rotatable bonds is 2. The van der Waals surface area contributed by atoms with Crippen LogP contribution in [0.5, 0.6) is 0 Å². The molecule has 0 spiro atoms.